The van der Waals surface area contributed by atoms with E-state index < -0.39 is 16.0 Å². The molecule has 1 aliphatic rings. The largest absolute Gasteiger partial charge is 0.462 e. The molecule has 0 bridgehead atoms. The van der Waals surface area contributed by atoms with Gasteiger partial charge in [-0.2, -0.15) is 14.7 Å². The minimum absolute atomic E-state index is 0.131. The van der Waals surface area contributed by atoms with E-state index in [-0.39, 0.29) is 30.2 Å². The van der Waals surface area contributed by atoms with Crippen molar-refractivity contribution in [3.63, 3.8) is 0 Å². The topological polar surface area (TPSA) is 115 Å². The molecule has 0 unspecified atom stereocenters. The molecule has 0 aliphatic carbocycles. The Morgan fingerprint density at radius 2 is 1.91 bits per heavy atom. The number of nitrogens with zero attached hydrogens (tertiary/aromatic N) is 4. The number of benzene rings is 2. The standard InChI is InChI=1S/C25H24N4O5S/c1-2-34-25(30)20(17-26)15-21-18-29(22-8-4-3-5-9-22)27-24(21)19-7-6-10-23(16-19)35(31,32)28-11-13-33-14-12-28/h3-10,15-16,18H,2,11-14H2,1H3/b20-15-. The fraction of sp³-hybridized carbons (Fsp3) is 0.240. The van der Waals surface area contributed by atoms with Gasteiger partial charge in [-0.3, -0.25) is 0 Å². The van der Waals surface area contributed by atoms with E-state index in [1.165, 1.54) is 16.4 Å². The van der Waals surface area contributed by atoms with Crippen molar-refractivity contribution in [1.82, 2.24) is 14.1 Å². The van der Waals surface area contributed by atoms with Crippen LogP contribution in [-0.2, 0) is 24.3 Å². The van der Waals surface area contributed by atoms with E-state index in [1.807, 2.05) is 36.4 Å². The number of ether oxygens (including phenoxy) is 2. The first-order valence-corrected chi connectivity index (χ1v) is 12.5. The Morgan fingerprint density at radius 1 is 1.17 bits per heavy atom. The highest BCUT2D eigenvalue weighted by Crippen LogP contribution is 2.29. The van der Waals surface area contributed by atoms with Gasteiger partial charge in [0.15, 0.2) is 0 Å². The van der Waals surface area contributed by atoms with Crippen LogP contribution in [-0.4, -0.2) is 61.4 Å². The molecule has 0 radical (unpaired) electrons. The van der Waals surface area contributed by atoms with Crippen molar-refractivity contribution in [3.8, 4) is 23.0 Å². The number of aromatic nitrogens is 2. The monoisotopic (exact) mass is 492 g/mol. The van der Waals surface area contributed by atoms with Gasteiger partial charge in [-0.15, -0.1) is 0 Å². The highest BCUT2D eigenvalue weighted by Gasteiger charge is 2.27. The van der Waals surface area contributed by atoms with Crippen molar-refractivity contribution in [1.29, 1.82) is 5.26 Å². The number of nitriles is 1. The Labute approximate surface area is 203 Å². The average Bonchev–Trinajstić information content (AvgIpc) is 3.32. The second-order valence-electron chi connectivity index (χ2n) is 7.65. The van der Waals surface area contributed by atoms with E-state index in [0.29, 0.717) is 30.0 Å². The summed E-state index contributed by atoms with van der Waals surface area (Å²) in [4.78, 5) is 12.4. The summed E-state index contributed by atoms with van der Waals surface area (Å²) in [7, 11) is -3.72. The summed E-state index contributed by atoms with van der Waals surface area (Å²) in [5, 5.41) is 14.2. The number of para-hydroxylation sites is 1. The van der Waals surface area contributed by atoms with E-state index in [2.05, 4.69) is 5.10 Å². The highest BCUT2D eigenvalue weighted by molar-refractivity contribution is 7.89. The highest BCUT2D eigenvalue weighted by atomic mass is 32.2. The van der Waals surface area contributed by atoms with Crippen LogP contribution in [0.4, 0.5) is 0 Å². The van der Waals surface area contributed by atoms with Crippen molar-refractivity contribution in [3.05, 3.63) is 71.9 Å². The second kappa shape index (κ2) is 10.7. The molecule has 0 spiro atoms. The van der Waals surface area contributed by atoms with Crippen LogP contribution < -0.4 is 0 Å². The Kier molecular flexibility index (Phi) is 7.41. The number of carbonyl (C=O) groups is 1. The van der Waals surface area contributed by atoms with Gasteiger partial charge in [0.25, 0.3) is 0 Å². The maximum Gasteiger partial charge on any atom is 0.348 e. The number of morpholine rings is 1. The van der Waals surface area contributed by atoms with Crippen LogP contribution >= 0.6 is 0 Å². The lowest BCUT2D eigenvalue weighted by atomic mass is 10.1. The molecule has 2 heterocycles. The van der Waals surface area contributed by atoms with E-state index in [9.17, 15) is 18.5 Å². The summed E-state index contributed by atoms with van der Waals surface area (Å²) in [6, 6.07) is 17.7. The molecular weight excluding hydrogens is 468 g/mol. The van der Waals surface area contributed by atoms with Gasteiger partial charge in [-0.1, -0.05) is 30.3 Å². The van der Waals surface area contributed by atoms with Crippen LogP contribution in [0, 0.1) is 11.3 Å². The SMILES string of the molecule is CCOC(=O)/C(C#N)=C\c1cn(-c2ccccc2)nc1-c1cccc(S(=O)(=O)N2CCOCC2)c1. The molecule has 180 valence electrons. The Balaban J connectivity index is 1.82. The minimum Gasteiger partial charge on any atom is -0.462 e. The first-order valence-electron chi connectivity index (χ1n) is 11.1. The molecule has 0 N–H and O–H groups in total. The quantitative estimate of drug-likeness (QED) is 0.283. The Morgan fingerprint density at radius 3 is 2.60 bits per heavy atom. The summed E-state index contributed by atoms with van der Waals surface area (Å²) in [5.41, 5.74) is 2.00. The fourth-order valence-electron chi connectivity index (χ4n) is 3.67. The number of hydrogen-bond donors (Lipinski definition) is 0. The number of hydrogen-bond acceptors (Lipinski definition) is 7. The third kappa shape index (κ3) is 5.33. The third-order valence-corrected chi connectivity index (χ3v) is 7.29. The Bertz CT molecular complexity index is 1380. The Hall–Kier alpha value is -3.78. The van der Waals surface area contributed by atoms with Gasteiger partial charge in [0.1, 0.15) is 17.3 Å². The zero-order valence-electron chi connectivity index (χ0n) is 19.1. The van der Waals surface area contributed by atoms with E-state index in [0.717, 1.165) is 5.69 Å². The number of sulfonamides is 1. The predicted molar refractivity (Wildman–Crippen MR) is 129 cm³/mol. The lowest BCUT2D eigenvalue weighted by Crippen LogP contribution is -2.40. The number of rotatable bonds is 7. The van der Waals surface area contributed by atoms with Crippen molar-refractivity contribution in [2.75, 3.05) is 32.9 Å². The molecule has 35 heavy (non-hydrogen) atoms. The summed E-state index contributed by atoms with van der Waals surface area (Å²) in [6.07, 6.45) is 3.09. The molecule has 0 amide bonds. The van der Waals surface area contributed by atoms with Gasteiger partial charge in [0.2, 0.25) is 10.0 Å². The van der Waals surface area contributed by atoms with Crippen molar-refractivity contribution >= 4 is 22.1 Å². The molecule has 10 heteroatoms. The molecule has 1 aromatic heterocycles. The van der Waals surface area contributed by atoms with Crippen molar-refractivity contribution in [2.24, 2.45) is 0 Å². The summed E-state index contributed by atoms with van der Waals surface area (Å²) in [5.74, 6) is -0.739. The zero-order valence-corrected chi connectivity index (χ0v) is 19.9. The van der Waals surface area contributed by atoms with E-state index in [1.54, 1.807) is 36.0 Å². The molecule has 9 nitrogen and oxygen atoms in total. The smallest absolute Gasteiger partial charge is 0.348 e. The lowest BCUT2D eigenvalue weighted by molar-refractivity contribution is -0.137. The molecule has 3 aromatic rings. The molecule has 0 saturated carbocycles. The molecular formula is C25H24N4O5S. The van der Waals surface area contributed by atoms with E-state index >= 15 is 0 Å². The van der Waals surface area contributed by atoms with Crippen LogP contribution in [0.2, 0.25) is 0 Å². The number of carbonyl (C=O) groups excluding carboxylic acids is 1. The second-order valence-corrected chi connectivity index (χ2v) is 9.59. The minimum atomic E-state index is -3.72. The summed E-state index contributed by atoms with van der Waals surface area (Å²) in [6.45, 7) is 3.06. The van der Waals surface area contributed by atoms with Crippen molar-refractivity contribution < 1.29 is 22.7 Å². The molecule has 2 aromatic carbocycles. The number of esters is 1. The molecule has 0 atom stereocenters. The van der Waals surface area contributed by atoms with Gasteiger partial charge >= 0.3 is 5.97 Å². The van der Waals surface area contributed by atoms with Gasteiger partial charge in [-0.05, 0) is 37.3 Å². The predicted octanol–water partition coefficient (Wildman–Crippen LogP) is 3.03. The van der Waals surface area contributed by atoms with Crippen LogP contribution in [0.5, 0.6) is 0 Å². The van der Waals surface area contributed by atoms with Crippen molar-refractivity contribution in [2.45, 2.75) is 11.8 Å². The van der Waals surface area contributed by atoms with Crippen LogP contribution in [0.25, 0.3) is 23.0 Å². The molecule has 1 aliphatic heterocycles. The lowest BCUT2D eigenvalue weighted by Gasteiger charge is -2.26. The van der Waals surface area contributed by atoms with Crippen LogP contribution in [0.1, 0.15) is 12.5 Å². The van der Waals surface area contributed by atoms with Gasteiger partial charge in [0.05, 0.1) is 30.4 Å². The van der Waals surface area contributed by atoms with E-state index in [4.69, 9.17) is 9.47 Å². The first kappa shape index (κ1) is 24.3. The maximum absolute atomic E-state index is 13.2. The zero-order chi connectivity index (χ0) is 24.8. The van der Waals surface area contributed by atoms with Gasteiger partial charge in [-0.25, -0.2) is 17.9 Å². The summed E-state index contributed by atoms with van der Waals surface area (Å²) < 4.78 is 39.7. The molecule has 4 rings (SSSR count). The van der Waals surface area contributed by atoms with Gasteiger partial charge in [0, 0.05) is 30.4 Å². The first-order chi connectivity index (χ1) is 16.9. The van der Waals surface area contributed by atoms with Crippen LogP contribution in [0.3, 0.4) is 0 Å². The fourth-order valence-corrected chi connectivity index (χ4v) is 5.13. The van der Waals surface area contributed by atoms with Crippen LogP contribution in [0.15, 0.2) is 71.3 Å². The maximum atomic E-state index is 13.2. The van der Waals surface area contributed by atoms with Gasteiger partial charge < -0.3 is 9.47 Å². The molecule has 1 fully saturated rings. The average molecular weight is 493 g/mol. The molecule has 1 saturated heterocycles. The normalized spacial score (nSPS) is 14.9. The third-order valence-electron chi connectivity index (χ3n) is 5.39. The summed E-state index contributed by atoms with van der Waals surface area (Å²) >= 11 is 0.